The lowest BCUT2D eigenvalue weighted by molar-refractivity contribution is -0.133. The number of rotatable bonds is 5. The molecule has 0 radical (unpaired) electrons. The molecule has 0 aromatic heterocycles. The Kier molecular flexibility index (Phi) is 9.55. The summed E-state index contributed by atoms with van der Waals surface area (Å²) in [4.78, 5) is 39.1. The standard InChI is InChI=1S/C20H28ClN3O3.CH2O2/c1-22(2)20(26)12-23-9-16-10-24(11-18(23)14-27-13-16)19(25)7-6-15-4-3-5-17(21)8-15;2-1-3/h3-5,8,16,18H,6-7,9-14H2,1-2H3;1H,(H,2,3)/t16-,18+;/m1./s1. The maximum atomic E-state index is 12.8. The first kappa shape index (κ1) is 24.1. The van der Waals surface area contributed by atoms with Gasteiger partial charge in [-0.05, 0) is 24.1 Å². The lowest BCUT2D eigenvalue weighted by Gasteiger charge is -2.31. The number of hydrogen-bond acceptors (Lipinski definition) is 5. The molecule has 0 aliphatic carbocycles. The Morgan fingerprint density at radius 2 is 2.00 bits per heavy atom. The molecule has 2 aliphatic heterocycles. The summed E-state index contributed by atoms with van der Waals surface area (Å²) in [6.45, 7) is 3.43. The fourth-order valence-corrected chi connectivity index (χ4v) is 3.96. The molecule has 1 N–H and O–H groups in total. The molecule has 2 heterocycles. The third kappa shape index (κ3) is 7.27. The van der Waals surface area contributed by atoms with Crippen LogP contribution in [0.5, 0.6) is 0 Å². The molecule has 2 amide bonds. The normalized spacial score (nSPS) is 21.1. The number of carbonyl (C=O) groups is 3. The van der Waals surface area contributed by atoms with E-state index in [0.29, 0.717) is 50.7 Å². The predicted octanol–water partition coefficient (Wildman–Crippen LogP) is 1.22. The molecule has 166 valence electrons. The summed E-state index contributed by atoms with van der Waals surface area (Å²) in [7, 11) is 3.54. The minimum atomic E-state index is -0.250. The SMILES string of the molecule is CN(C)C(=O)CN1C[C@H]2COC[C@@H]1CN(C(=O)CCc1cccc(Cl)c1)C2.O=CO. The molecule has 1 aromatic rings. The minimum Gasteiger partial charge on any atom is -0.483 e. The van der Waals surface area contributed by atoms with Crippen LogP contribution in [0.4, 0.5) is 0 Å². The van der Waals surface area contributed by atoms with Gasteiger partial charge in [-0.1, -0.05) is 23.7 Å². The molecule has 8 nitrogen and oxygen atoms in total. The summed E-state index contributed by atoms with van der Waals surface area (Å²) < 4.78 is 5.79. The molecular formula is C21H30ClN3O5. The number of aryl methyl sites for hydroxylation is 1. The number of fused-ring (bicyclic) bond motifs is 3. The van der Waals surface area contributed by atoms with Gasteiger partial charge in [0.05, 0.1) is 25.8 Å². The van der Waals surface area contributed by atoms with E-state index in [1.807, 2.05) is 29.2 Å². The summed E-state index contributed by atoms with van der Waals surface area (Å²) in [5.74, 6) is 0.483. The molecule has 3 rings (SSSR count). The van der Waals surface area contributed by atoms with Gasteiger partial charge in [0.15, 0.2) is 0 Å². The number of benzene rings is 1. The van der Waals surface area contributed by atoms with Crippen molar-refractivity contribution in [3.8, 4) is 0 Å². The van der Waals surface area contributed by atoms with Crippen molar-refractivity contribution in [1.82, 2.24) is 14.7 Å². The average Bonchev–Trinajstić information content (AvgIpc) is 2.96. The number of carboxylic acid groups (broad SMARTS) is 1. The summed E-state index contributed by atoms with van der Waals surface area (Å²) in [6, 6.07) is 7.73. The zero-order valence-electron chi connectivity index (χ0n) is 17.5. The van der Waals surface area contributed by atoms with Gasteiger partial charge < -0.3 is 19.6 Å². The van der Waals surface area contributed by atoms with Gasteiger partial charge in [-0.15, -0.1) is 0 Å². The number of amides is 2. The Bertz CT molecular complexity index is 730. The lowest BCUT2D eigenvalue weighted by Crippen LogP contribution is -2.48. The van der Waals surface area contributed by atoms with Gasteiger partial charge in [0.1, 0.15) is 0 Å². The zero-order valence-corrected chi connectivity index (χ0v) is 18.3. The number of hydrogen-bond donors (Lipinski definition) is 1. The number of carbonyl (C=O) groups excluding carboxylic acids is 2. The van der Waals surface area contributed by atoms with Gasteiger partial charge >= 0.3 is 0 Å². The summed E-state index contributed by atoms with van der Waals surface area (Å²) in [6.07, 6.45) is 1.15. The molecule has 30 heavy (non-hydrogen) atoms. The minimum absolute atomic E-state index is 0.0662. The average molecular weight is 440 g/mol. The van der Waals surface area contributed by atoms with E-state index in [1.54, 1.807) is 19.0 Å². The molecule has 2 saturated heterocycles. The Labute approximate surface area is 182 Å². The molecule has 0 spiro atoms. The first-order valence-corrected chi connectivity index (χ1v) is 10.3. The second-order valence-electron chi connectivity index (χ2n) is 7.81. The van der Waals surface area contributed by atoms with E-state index in [2.05, 4.69) is 4.90 Å². The van der Waals surface area contributed by atoms with Gasteiger partial charge in [-0.25, -0.2) is 0 Å². The highest BCUT2D eigenvalue weighted by molar-refractivity contribution is 6.30. The van der Waals surface area contributed by atoms with E-state index in [4.69, 9.17) is 26.2 Å². The number of likely N-dealkylation sites (N-methyl/N-ethyl adjacent to an activating group) is 1. The lowest BCUT2D eigenvalue weighted by atomic mass is 10.1. The van der Waals surface area contributed by atoms with Crippen LogP contribution >= 0.6 is 11.6 Å². The van der Waals surface area contributed by atoms with Crippen molar-refractivity contribution >= 4 is 29.9 Å². The van der Waals surface area contributed by atoms with Crippen LogP contribution in [0.1, 0.15) is 12.0 Å². The highest BCUT2D eigenvalue weighted by Crippen LogP contribution is 2.21. The number of nitrogens with zero attached hydrogens (tertiary/aromatic N) is 3. The van der Waals surface area contributed by atoms with Crippen LogP contribution in [0.25, 0.3) is 0 Å². The largest absolute Gasteiger partial charge is 0.483 e. The van der Waals surface area contributed by atoms with Crippen molar-refractivity contribution in [3.05, 3.63) is 34.9 Å². The second-order valence-corrected chi connectivity index (χ2v) is 8.25. The molecule has 2 atom stereocenters. The first-order chi connectivity index (χ1) is 14.3. The van der Waals surface area contributed by atoms with Crippen LogP contribution in [0, 0.1) is 5.92 Å². The van der Waals surface area contributed by atoms with Crippen molar-refractivity contribution in [1.29, 1.82) is 0 Å². The van der Waals surface area contributed by atoms with Gasteiger partial charge in [-0.2, -0.15) is 0 Å². The fraction of sp³-hybridized carbons (Fsp3) is 0.571. The third-order valence-electron chi connectivity index (χ3n) is 5.29. The van der Waals surface area contributed by atoms with E-state index in [9.17, 15) is 9.59 Å². The van der Waals surface area contributed by atoms with Crippen LogP contribution in [0.2, 0.25) is 5.02 Å². The van der Waals surface area contributed by atoms with Crippen LogP contribution in [-0.4, -0.2) is 97.6 Å². The first-order valence-electron chi connectivity index (χ1n) is 9.96. The van der Waals surface area contributed by atoms with Crippen LogP contribution in [0.15, 0.2) is 24.3 Å². The molecule has 1 aromatic carbocycles. The molecular weight excluding hydrogens is 410 g/mol. The highest BCUT2D eigenvalue weighted by Gasteiger charge is 2.35. The maximum absolute atomic E-state index is 12.8. The van der Waals surface area contributed by atoms with Crippen molar-refractivity contribution < 1.29 is 24.2 Å². The van der Waals surface area contributed by atoms with Crippen LogP contribution < -0.4 is 0 Å². The molecule has 9 heteroatoms. The van der Waals surface area contributed by atoms with Crippen molar-refractivity contribution in [2.24, 2.45) is 5.92 Å². The quantitative estimate of drug-likeness (QED) is 0.694. The summed E-state index contributed by atoms with van der Waals surface area (Å²) >= 11 is 6.03. The van der Waals surface area contributed by atoms with Crippen molar-refractivity contribution in [2.45, 2.75) is 18.9 Å². The Morgan fingerprint density at radius 1 is 1.27 bits per heavy atom. The Morgan fingerprint density at radius 3 is 2.67 bits per heavy atom. The molecule has 2 bridgehead atoms. The second kappa shape index (κ2) is 11.9. The summed E-state index contributed by atoms with van der Waals surface area (Å²) in [5.41, 5.74) is 1.08. The molecule has 2 fully saturated rings. The van der Waals surface area contributed by atoms with Crippen LogP contribution in [0.3, 0.4) is 0 Å². The van der Waals surface area contributed by atoms with Crippen molar-refractivity contribution in [3.63, 3.8) is 0 Å². The van der Waals surface area contributed by atoms with E-state index in [-0.39, 0.29) is 30.2 Å². The predicted molar refractivity (Wildman–Crippen MR) is 113 cm³/mol. The smallest absolute Gasteiger partial charge is 0.290 e. The maximum Gasteiger partial charge on any atom is 0.290 e. The van der Waals surface area contributed by atoms with Gasteiger partial charge in [0.25, 0.3) is 6.47 Å². The Balaban J connectivity index is 0.00000101. The number of halogens is 1. The zero-order chi connectivity index (χ0) is 22.1. The monoisotopic (exact) mass is 439 g/mol. The topological polar surface area (TPSA) is 90.4 Å². The summed E-state index contributed by atoms with van der Waals surface area (Å²) in [5, 5.41) is 7.59. The number of ether oxygens (including phenoxy) is 1. The molecule has 0 unspecified atom stereocenters. The molecule has 2 aliphatic rings. The molecule has 0 saturated carbocycles. The van der Waals surface area contributed by atoms with Gasteiger partial charge in [-0.3, -0.25) is 19.3 Å². The van der Waals surface area contributed by atoms with Crippen molar-refractivity contribution in [2.75, 3.05) is 53.5 Å². The van der Waals surface area contributed by atoms with E-state index in [1.165, 1.54) is 0 Å². The van der Waals surface area contributed by atoms with E-state index in [0.717, 1.165) is 12.1 Å². The van der Waals surface area contributed by atoms with Gasteiger partial charge in [0, 0.05) is 51.1 Å². The van der Waals surface area contributed by atoms with Crippen LogP contribution in [-0.2, 0) is 25.5 Å². The fourth-order valence-electron chi connectivity index (χ4n) is 3.74. The third-order valence-corrected chi connectivity index (χ3v) is 5.52. The van der Waals surface area contributed by atoms with E-state index >= 15 is 0 Å². The highest BCUT2D eigenvalue weighted by atomic mass is 35.5. The Hall–Kier alpha value is -2.16. The van der Waals surface area contributed by atoms with Gasteiger partial charge in [0.2, 0.25) is 11.8 Å². The van der Waals surface area contributed by atoms with E-state index < -0.39 is 0 Å².